The Morgan fingerprint density at radius 1 is 1.16 bits per heavy atom. The van der Waals surface area contributed by atoms with Crippen molar-refractivity contribution in [2.45, 2.75) is 39.0 Å². The van der Waals surface area contributed by atoms with Crippen molar-refractivity contribution in [3.63, 3.8) is 0 Å². The number of nitrogens with one attached hydrogen (secondary N) is 2. The predicted molar refractivity (Wildman–Crippen MR) is 96.7 cm³/mol. The first-order valence-corrected chi connectivity index (χ1v) is 9.36. The Balaban J connectivity index is 2.14. The van der Waals surface area contributed by atoms with Gasteiger partial charge in [0.1, 0.15) is 0 Å². The van der Waals surface area contributed by atoms with E-state index in [1.165, 1.54) is 18.3 Å². The Hall–Kier alpha value is -2.48. The van der Waals surface area contributed by atoms with E-state index in [-0.39, 0.29) is 16.8 Å². The van der Waals surface area contributed by atoms with Crippen LogP contribution in [0.15, 0.2) is 41.4 Å². The number of hydrogen-bond donors (Lipinski definition) is 2. The second-order valence-electron chi connectivity index (χ2n) is 6.34. The smallest absolute Gasteiger partial charge is 0.264 e. The molecule has 0 atom stereocenters. The van der Waals surface area contributed by atoms with Crippen LogP contribution < -0.4 is 10.0 Å². The lowest BCUT2D eigenvalue weighted by atomic mass is 9.89. The molecular formula is C17H22N4O3S. The average Bonchev–Trinajstić information content (AvgIpc) is 2.55. The minimum Gasteiger partial charge on any atom is -0.326 e. The van der Waals surface area contributed by atoms with E-state index >= 15 is 0 Å². The summed E-state index contributed by atoms with van der Waals surface area (Å²) >= 11 is 0. The van der Waals surface area contributed by atoms with E-state index in [4.69, 9.17) is 0 Å². The molecule has 134 valence electrons. The number of amides is 1. The van der Waals surface area contributed by atoms with Crippen molar-refractivity contribution < 1.29 is 13.2 Å². The van der Waals surface area contributed by atoms with E-state index < -0.39 is 15.4 Å². The fourth-order valence-electron chi connectivity index (χ4n) is 1.86. The molecule has 0 spiro atoms. The molecule has 0 aliphatic heterocycles. The molecule has 1 heterocycles. The zero-order valence-electron chi connectivity index (χ0n) is 14.7. The molecule has 2 N–H and O–H groups in total. The predicted octanol–water partition coefficient (Wildman–Crippen LogP) is 2.96. The van der Waals surface area contributed by atoms with Crippen LogP contribution in [0.1, 0.15) is 32.9 Å². The monoisotopic (exact) mass is 362 g/mol. The standard InChI is InChI=1S/C17H22N4O3S/c1-5-17(3,4)15(22)20-13-6-8-14(9-7-13)25(23,24)21-16-18-11-10-12(2)19-16/h6-11H,5H2,1-4H3,(H,20,22)(H,18,19,21). The van der Waals surface area contributed by atoms with Crippen molar-refractivity contribution in [1.82, 2.24) is 9.97 Å². The number of nitrogens with zero attached hydrogens (tertiary/aromatic N) is 2. The zero-order chi connectivity index (χ0) is 18.7. The molecule has 25 heavy (non-hydrogen) atoms. The Kier molecular flexibility index (Phi) is 5.42. The molecule has 1 aromatic carbocycles. The first-order valence-electron chi connectivity index (χ1n) is 7.88. The van der Waals surface area contributed by atoms with Gasteiger partial charge >= 0.3 is 0 Å². The molecule has 0 fully saturated rings. The van der Waals surface area contributed by atoms with Crippen LogP contribution in [0.5, 0.6) is 0 Å². The summed E-state index contributed by atoms with van der Waals surface area (Å²) in [4.78, 5) is 20.1. The van der Waals surface area contributed by atoms with Crippen LogP contribution in [0.25, 0.3) is 0 Å². The van der Waals surface area contributed by atoms with E-state index in [9.17, 15) is 13.2 Å². The van der Waals surface area contributed by atoms with E-state index in [0.29, 0.717) is 17.8 Å². The quantitative estimate of drug-likeness (QED) is 0.823. The second-order valence-corrected chi connectivity index (χ2v) is 8.03. The van der Waals surface area contributed by atoms with Gasteiger partial charge in [-0.25, -0.2) is 23.1 Å². The molecule has 0 aliphatic rings. The minimum absolute atomic E-state index is 0.0158. The second kappa shape index (κ2) is 7.18. The van der Waals surface area contributed by atoms with Gasteiger partial charge in [-0.3, -0.25) is 4.79 Å². The lowest BCUT2D eigenvalue weighted by Crippen LogP contribution is -2.29. The SMILES string of the molecule is CCC(C)(C)C(=O)Nc1ccc(S(=O)(=O)Nc2nccc(C)n2)cc1. The molecule has 0 aliphatic carbocycles. The summed E-state index contributed by atoms with van der Waals surface area (Å²) in [5.41, 5.74) is 0.705. The Labute approximate surface area is 148 Å². The van der Waals surface area contributed by atoms with Gasteiger partial charge in [-0.15, -0.1) is 0 Å². The van der Waals surface area contributed by atoms with Crippen LogP contribution in [0.2, 0.25) is 0 Å². The first kappa shape index (κ1) is 18.9. The number of hydrogen-bond acceptors (Lipinski definition) is 5. The average molecular weight is 362 g/mol. The molecule has 7 nitrogen and oxygen atoms in total. The summed E-state index contributed by atoms with van der Waals surface area (Å²) in [6, 6.07) is 7.62. The summed E-state index contributed by atoms with van der Waals surface area (Å²) in [5.74, 6) is -0.0982. The number of sulfonamides is 1. The van der Waals surface area contributed by atoms with Crippen LogP contribution in [-0.2, 0) is 14.8 Å². The highest BCUT2D eigenvalue weighted by Crippen LogP contribution is 2.23. The third-order valence-electron chi connectivity index (χ3n) is 3.94. The fraction of sp³-hybridized carbons (Fsp3) is 0.353. The van der Waals surface area contributed by atoms with Crippen LogP contribution >= 0.6 is 0 Å². The number of benzene rings is 1. The maximum absolute atomic E-state index is 12.4. The van der Waals surface area contributed by atoms with Crippen molar-refractivity contribution >= 4 is 27.6 Å². The van der Waals surface area contributed by atoms with Gasteiger partial charge in [-0.2, -0.15) is 0 Å². The van der Waals surface area contributed by atoms with Gasteiger partial charge in [0.05, 0.1) is 4.90 Å². The zero-order valence-corrected chi connectivity index (χ0v) is 15.5. The van der Waals surface area contributed by atoms with Gasteiger partial charge in [0, 0.05) is 23.0 Å². The maximum Gasteiger partial charge on any atom is 0.264 e. The molecule has 0 saturated heterocycles. The van der Waals surface area contributed by atoms with Gasteiger partial charge in [0.2, 0.25) is 11.9 Å². The number of carbonyl (C=O) groups is 1. The molecule has 0 radical (unpaired) electrons. The molecule has 1 amide bonds. The summed E-state index contributed by atoms with van der Waals surface area (Å²) in [7, 11) is -3.80. The van der Waals surface area contributed by atoms with Crippen molar-refractivity contribution in [2.24, 2.45) is 5.41 Å². The van der Waals surface area contributed by atoms with Crippen molar-refractivity contribution in [1.29, 1.82) is 0 Å². The van der Waals surface area contributed by atoms with Crippen LogP contribution in [0, 0.1) is 12.3 Å². The van der Waals surface area contributed by atoms with E-state index in [2.05, 4.69) is 20.0 Å². The van der Waals surface area contributed by atoms with Crippen molar-refractivity contribution in [3.8, 4) is 0 Å². The first-order chi connectivity index (χ1) is 11.6. The van der Waals surface area contributed by atoms with E-state index in [0.717, 1.165) is 0 Å². The minimum atomic E-state index is -3.80. The van der Waals surface area contributed by atoms with Crippen LogP contribution in [0.4, 0.5) is 11.6 Å². The van der Waals surface area contributed by atoms with Gasteiger partial charge in [0.15, 0.2) is 0 Å². The summed E-state index contributed by atoms with van der Waals surface area (Å²) in [5, 5.41) is 2.79. The molecule has 0 bridgehead atoms. The fourth-order valence-corrected chi connectivity index (χ4v) is 2.81. The van der Waals surface area contributed by atoms with Gasteiger partial charge in [0.25, 0.3) is 10.0 Å². The van der Waals surface area contributed by atoms with E-state index in [1.54, 1.807) is 25.1 Å². The lowest BCUT2D eigenvalue weighted by molar-refractivity contribution is -0.124. The van der Waals surface area contributed by atoms with E-state index in [1.807, 2.05) is 20.8 Å². The summed E-state index contributed by atoms with van der Waals surface area (Å²) < 4.78 is 27.1. The summed E-state index contributed by atoms with van der Waals surface area (Å²) in [6.07, 6.45) is 2.18. The summed E-state index contributed by atoms with van der Waals surface area (Å²) in [6.45, 7) is 7.39. The highest BCUT2D eigenvalue weighted by molar-refractivity contribution is 7.92. The number of anilines is 2. The van der Waals surface area contributed by atoms with Gasteiger partial charge in [-0.1, -0.05) is 20.8 Å². The molecule has 2 rings (SSSR count). The number of aryl methyl sites for hydroxylation is 1. The molecular weight excluding hydrogens is 340 g/mol. The lowest BCUT2D eigenvalue weighted by Gasteiger charge is -2.21. The van der Waals surface area contributed by atoms with Crippen molar-refractivity contribution in [2.75, 3.05) is 10.0 Å². The molecule has 0 saturated carbocycles. The van der Waals surface area contributed by atoms with Crippen LogP contribution in [0.3, 0.4) is 0 Å². The molecule has 8 heteroatoms. The number of rotatable bonds is 6. The number of aromatic nitrogens is 2. The van der Waals surface area contributed by atoms with Crippen LogP contribution in [-0.4, -0.2) is 24.3 Å². The maximum atomic E-state index is 12.4. The topological polar surface area (TPSA) is 101 Å². The highest BCUT2D eigenvalue weighted by atomic mass is 32.2. The van der Waals surface area contributed by atoms with Gasteiger partial charge in [-0.05, 0) is 43.7 Å². The Morgan fingerprint density at radius 3 is 2.36 bits per heavy atom. The number of carbonyl (C=O) groups excluding carboxylic acids is 1. The van der Waals surface area contributed by atoms with Crippen molar-refractivity contribution in [3.05, 3.63) is 42.2 Å². The third kappa shape index (κ3) is 4.76. The Morgan fingerprint density at radius 2 is 1.80 bits per heavy atom. The molecule has 1 aromatic heterocycles. The normalized spacial score (nSPS) is 11.8. The third-order valence-corrected chi connectivity index (χ3v) is 5.29. The molecule has 0 unspecified atom stereocenters. The van der Waals surface area contributed by atoms with Gasteiger partial charge < -0.3 is 5.32 Å². The largest absolute Gasteiger partial charge is 0.326 e. The molecule has 2 aromatic rings. The Bertz CT molecular complexity index is 862. The highest BCUT2D eigenvalue weighted by Gasteiger charge is 2.25.